The molecule has 1 N–H and O–H groups in total. The Hall–Kier alpha value is -1.82. The van der Waals surface area contributed by atoms with Crippen molar-refractivity contribution >= 4 is 11.7 Å². The third-order valence-electron chi connectivity index (χ3n) is 5.49. The van der Waals surface area contributed by atoms with Crippen LogP contribution in [0.1, 0.15) is 31.2 Å². The van der Waals surface area contributed by atoms with Gasteiger partial charge in [-0.05, 0) is 63.4 Å². The van der Waals surface area contributed by atoms with Crippen molar-refractivity contribution < 1.29 is 9.18 Å². The lowest BCUT2D eigenvalue weighted by molar-refractivity contribution is 0.195. The van der Waals surface area contributed by atoms with Gasteiger partial charge in [0.05, 0.1) is 5.69 Å². The molecular formula is C20H31FN4O. The van der Waals surface area contributed by atoms with Gasteiger partial charge in [-0.2, -0.15) is 0 Å². The zero-order valence-corrected chi connectivity index (χ0v) is 16.0. The molecule has 0 aromatic heterocycles. The van der Waals surface area contributed by atoms with Crippen molar-refractivity contribution in [2.24, 2.45) is 0 Å². The molecule has 2 fully saturated rings. The van der Waals surface area contributed by atoms with Gasteiger partial charge in [-0.15, -0.1) is 0 Å². The second-order valence-corrected chi connectivity index (χ2v) is 7.66. The van der Waals surface area contributed by atoms with Crippen molar-refractivity contribution in [2.75, 3.05) is 51.2 Å². The largest absolute Gasteiger partial charge is 0.367 e. The third kappa shape index (κ3) is 4.87. The van der Waals surface area contributed by atoms with Crippen LogP contribution in [-0.2, 0) is 0 Å². The van der Waals surface area contributed by atoms with Crippen LogP contribution in [0, 0.1) is 12.7 Å². The van der Waals surface area contributed by atoms with E-state index in [1.54, 1.807) is 11.0 Å². The zero-order chi connectivity index (χ0) is 18.5. The molecule has 0 spiro atoms. The summed E-state index contributed by atoms with van der Waals surface area (Å²) in [7, 11) is 1.85. The van der Waals surface area contributed by atoms with Crippen LogP contribution in [0.5, 0.6) is 0 Å². The van der Waals surface area contributed by atoms with Crippen LogP contribution in [0.25, 0.3) is 0 Å². The number of amides is 2. The van der Waals surface area contributed by atoms with E-state index in [-0.39, 0.29) is 17.9 Å². The molecule has 1 atom stereocenters. The molecular weight excluding hydrogens is 331 g/mol. The van der Waals surface area contributed by atoms with E-state index in [0.29, 0.717) is 12.2 Å². The summed E-state index contributed by atoms with van der Waals surface area (Å²) in [5.74, 6) is -0.190. The Kier molecular flexibility index (Phi) is 6.35. The van der Waals surface area contributed by atoms with Gasteiger partial charge < -0.3 is 20.0 Å². The molecule has 6 heteroatoms. The fourth-order valence-corrected chi connectivity index (χ4v) is 3.86. The smallest absolute Gasteiger partial charge is 0.317 e. The Bertz CT molecular complexity index is 618. The Morgan fingerprint density at radius 2 is 2.04 bits per heavy atom. The molecule has 0 saturated carbocycles. The summed E-state index contributed by atoms with van der Waals surface area (Å²) in [5, 5.41) is 3.13. The lowest BCUT2D eigenvalue weighted by Gasteiger charge is -2.36. The summed E-state index contributed by atoms with van der Waals surface area (Å²) in [6, 6.07) is 5.24. The number of hydrogen-bond donors (Lipinski definition) is 1. The second kappa shape index (κ2) is 8.71. The van der Waals surface area contributed by atoms with E-state index in [2.05, 4.69) is 15.1 Å². The fraction of sp³-hybridized carbons (Fsp3) is 0.650. The first kappa shape index (κ1) is 19.0. The molecule has 5 nitrogen and oxygen atoms in total. The van der Waals surface area contributed by atoms with Gasteiger partial charge in [-0.3, -0.25) is 0 Å². The molecule has 2 aliphatic heterocycles. The molecule has 0 bridgehead atoms. The number of carbonyl (C=O) groups is 1. The number of anilines is 1. The number of benzene rings is 1. The van der Waals surface area contributed by atoms with Crippen molar-refractivity contribution in [3.8, 4) is 0 Å². The SMILES string of the molecule is Cc1ccc(F)c(N2CCCC(NC(=O)N(C)CCN3CCCC3)C2)c1. The summed E-state index contributed by atoms with van der Waals surface area (Å²) in [4.78, 5) is 18.7. The Labute approximate surface area is 156 Å². The van der Waals surface area contributed by atoms with Gasteiger partial charge in [0.2, 0.25) is 0 Å². The summed E-state index contributed by atoms with van der Waals surface area (Å²) in [6.07, 6.45) is 4.43. The van der Waals surface area contributed by atoms with Crippen LogP contribution in [0.3, 0.4) is 0 Å². The predicted molar refractivity (Wildman–Crippen MR) is 103 cm³/mol. The average molecular weight is 362 g/mol. The average Bonchev–Trinajstić information content (AvgIpc) is 3.15. The van der Waals surface area contributed by atoms with Crippen molar-refractivity contribution in [1.29, 1.82) is 0 Å². The topological polar surface area (TPSA) is 38.8 Å². The van der Waals surface area contributed by atoms with Gasteiger partial charge in [0, 0.05) is 39.3 Å². The maximum absolute atomic E-state index is 14.2. The highest BCUT2D eigenvalue weighted by molar-refractivity contribution is 5.74. The summed E-state index contributed by atoms with van der Waals surface area (Å²) in [6.45, 7) is 7.44. The fourth-order valence-electron chi connectivity index (χ4n) is 3.86. The van der Waals surface area contributed by atoms with Gasteiger partial charge in [0.25, 0.3) is 0 Å². The van der Waals surface area contributed by atoms with Gasteiger partial charge in [0.1, 0.15) is 5.82 Å². The molecule has 2 aliphatic rings. The minimum absolute atomic E-state index is 0.0271. The molecule has 1 unspecified atom stereocenters. The quantitative estimate of drug-likeness (QED) is 0.875. The number of likely N-dealkylation sites (N-methyl/N-ethyl adjacent to an activating group) is 1. The number of likely N-dealkylation sites (tertiary alicyclic amines) is 1. The number of urea groups is 1. The van der Waals surface area contributed by atoms with E-state index in [4.69, 9.17) is 0 Å². The number of hydrogen-bond acceptors (Lipinski definition) is 3. The molecule has 2 saturated heterocycles. The number of carbonyl (C=O) groups excluding carboxylic acids is 1. The van der Waals surface area contributed by atoms with Gasteiger partial charge in [-0.1, -0.05) is 6.07 Å². The maximum Gasteiger partial charge on any atom is 0.317 e. The van der Waals surface area contributed by atoms with Crippen LogP contribution in [0.15, 0.2) is 18.2 Å². The predicted octanol–water partition coefficient (Wildman–Crippen LogP) is 2.84. The van der Waals surface area contributed by atoms with Gasteiger partial charge in [0.15, 0.2) is 0 Å². The summed E-state index contributed by atoms with van der Waals surface area (Å²) < 4.78 is 14.2. The highest BCUT2D eigenvalue weighted by atomic mass is 19.1. The lowest BCUT2D eigenvalue weighted by Crippen LogP contribution is -2.51. The normalized spacial score (nSPS) is 21.0. The van der Waals surface area contributed by atoms with E-state index in [9.17, 15) is 9.18 Å². The Morgan fingerprint density at radius 1 is 1.27 bits per heavy atom. The number of piperidine rings is 1. The molecule has 26 heavy (non-hydrogen) atoms. The second-order valence-electron chi connectivity index (χ2n) is 7.66. The van der Waals surface area contributed by atoms with E-state index >= 15 is 0 Å². The maximum atomic E-state index is 14.2. The first-order valence-corrected chi connectivity index (χ1v) is 9.78. The first-order chi connectivity index (χ1) is 12.5. The minimum atomic E-state index is -0.190. The van der Waals surface area contributed by atoms with Crippen LogP contribution >= 0.6 is 0 Å². The number of aryl methyl sites for hydroxylation is 1. The number of halogens is 1. The van der Waals surface area contributed by atoms with Crippen LogP contribution in [0.4, 0.5) is 14.9 Å². The summed E-state index contributed by atoms with van der Waals surface area (Å²) in [5.41, 5.74) is 1.69. The van der Waals surface area contributed by atoms with E-state index in [1.165, 1.54) is 18.9 Å². The van der Waals surface area contributed by atoms with Crippen molar-refractivity contribution in [2.45, 2.75) is 38.6 Å². The number of nitrogens with one attached hydrogen (secondary N) is 1. The molecule has 3 rings (SSSR count). The van der Waals surface area contributed by atoms with Gasteiger partial charge in [-0.25, -0.2) is 9.18 Å². The van der Waals surface area contributed by atoms with Crippen LogP contribution < -0.4 is 10.2 Å². The first-order valence-electron chi connectivity index (χ1n) is 9.78. The highest BCUT2D eigenvalue weighted by Crippen LogP contribution is 2.24. The van der Waals surface area contributed by atoms with E-state index in [0.717, 1.165) is 51.1 Å². The van der Waals surface area contributed by atoms with Crippen molar-refractivity contribution in [3.63, 3.8) is 0 Å². The van der Waals surface area contributed by atoms with Crippen molar-refractivity contribution in [3.05, 3.63) is 29.6 Å². The molecule has 0 radical (unpaired) electrons. The Balaban J connectivity index is 1.50. The van der Waals surface area contributed by atoms with Crippen molar-refractivity contribution in [1.82, 2.24) is 15.1 Å². The molecule has 1 aromatic rings. The molecule has 0 aliphatic carbocycles. The molecule has 2 heterocycles. The summed E-state index contributed by atoms with van der Waals surface area (Å²) >= 11 is 0. The standard InChI is InChI=1S/C20H31FN4O/c1-16-7-8-18(21)19(14-16)25-11-5-6-17(15-25)22-20(26)23(2)12-13-24-9-3-4-10-24/h7-8,14,17H,3-6,9-13,15H2,1-2H3,(H,22,26). The van der Waals surface area contributed by atoms with E-state index < -0.39 is 0 Å². The van der Waals surface area contributed by atoms with Gasteiger partial charge >= 0.3 is 6.03 Å². The van der Waals surface area contributed by atoms with Crippen LogP contribution in [0.2, 0.25) is 0 Å². The third-order valence-corrected chi connectivity index (χ3v) is 5.49. The minimum Gasteiger partial charge on any atom is -0.367 e. The molecule has 2 amide bonds. The highest BCUT2D eigenvalue weighted by Gasteiger charge is 2.24. The number of nitrogens with zero attached hydrogens (tertiary/aromatic N) is 3. The monoisotopic (exact) mass is 362 g/mol. The van der Waals surface area contributed by atoms with Crippen LogP contribution in [-0.4, -0.2) is 68.2 Å². The molecule has 1 aromatic carbocycles. The zero-order valence-electron chi connectivity index (χ0n) is 16.0. The number of rotatable bonds is 5. The Morgan fingerprint density at radius 3 is 2.81 bits per heavy atom. The lowest BCUT2D eigenvalue weighted by atomic mass is 10.0. The molecule has 144 valence electrons. The van der Waals surface area contributed by atoms with E-state index in [1.807, 2.05) is 20.0 Å².